The van der Waals surface area contributed by atoms with E-state index in [-0.39, 0.29) is 23.8 Å². The van der Waals surface area contributed by atoms with Crippen LogP contribution in [0.3, 0.4) is 0 Å². The molecule has 2 amide bonds. The molecule has 1 saturated heterocycles. The number of nitrogens with zero attached hydrogens (tertiary/aromatic N) is 3. The van der Waals surface area contributed by atoms with Crippen molar-refractivity contribution in [2.45, 2.75) is 58.9 Å². The Morgan fingerprint density at radius 2 is 2.04 bits per heavy atom. The molecule has 3 rings (SSSR count). The van der Waals surface area contributed by atoms with Crippen molar-refractivity contribution in [1.29, 1.82) is 0 Å². The molecule has 1 aliphatic heterocycles. The Balaban J connectivity index is 1.77. The summed E-state index contributed by atoms with van der Waals surface area (Å²) in [6.07, 6.45) is 2.82. The summed E-state index contributed by atoms with van der Waals surface area (Å²) in [4.78, 5) is 29.3. The first-order chi connectivity index (χ1) is 11.9. The van der Waals surface area contributed by atoms with Gasteiger partial charge in [-0.3, -0.25) is 9.59 Å². The number of amides is 2. The first-order valence-electron chi connectivity index (χ1n) is 9.42. The molecule has 0 aromatic carbocycles. The average molecular weight is 347 g/mol. The second kappa shape index (κ2) is 7.18. The van der Waals surface area contributed by atoms with Gasteiger partial charge in [0.1, 0.15) is 5.76 Å². The first kappa shape index (κ1) is 18.0. The molecule has 6 nitrogen and oxygen atoms in total. The van der Waals surface area contributed by atoms with E-state index in [0.29, 0.717) is 42.8 Å². The van der Waals surface area contributed by atoms with Gasteiger partial charge in [-0.15, -0.1) is 0 Å². The van der Waals surface area contributed by atoms with Gasteiger partial charge in [0, 0.05) is 38.0 Å². The number of carbonyl (C=O) groups excluding carboxylic acids is 2. The third-order valence-corrected chi connectivity index (χ3v) is 5.25. The van der Waals surface area contributed by atoms with Crippen LogP contribution in [0, 0.1) is 11.8 Å². The molecular weight excluding hydrogens is 318 g/mol. The van der Waals surface area contributed by atoms with Crippen molar-refractivity contribution in [3.05, 3.63) is 17.5 Å². The van der Waals surface area contributed by atoms with Gasteiger partial charge in [0.2, 0.25) is 5.91 Å². The molecule has 2 aliphatic rings. The van der Waals surface area contributed by atoms with Gasteiger partial charge in [-0.05, 0) is 24.7 Å². The molecule has 25 heavy (non-hydrogen) atoms. The second-order valence-electron chi connectivity index (χ2n) is 8.07. The van der Waals surface area contributed by atoms with Crippen LogP contribution in [0.2, 0.25) is 0 Å². The van der Waals surface area contributed by atoms with Crippen molar-refractivity contribution in [1.82, 2.24) is 15.0 Å². The smallest absolute Gasteiger partial charge is 0.276 e. The van der Waals surface area contributed by atoms with Crippen LogP contribution in [0.25, 0.3) is 0 Å². The largest absolute Gasteiger partial charge is 0.360 e. The summed E-state index contributed by atoms with van der Waals surface area (Å²) in [5, 5.41) is 3.94. The summed E-state index contributed by atoms with van der Waals surface area (Å²) in [5.41, 5.74) is 0.342. The molecule has 2 fully saturated rings. The summed E-state index contributed by atoms with van der Waals surface area (Å²) in [5.74, 6) is 1.89. The zero-order valence-corrected chi connectivity index (χ0v) is 15.7. The van der Waals surface area contributed by atoms with Crippen molar-refractivity contribution in [3.8, 4) is 0 Å². The quantitative estimate of drug-likeness (QED) is 0.821. The van der Waals surface area contributed by atoms with E-state index in [0.717, 1.165) is 6.54 Å². The van der Waals surface area contributed by atoms with Crippen molar-refractivity contribution >= 4 is 11.8 Å². The summed E-state index contributed by atoms with van der Waals surface area (Å²) in [6, 6.07) is 1.79. The van der Waals surface area contributed by atoms with E-state index in [1.165, 1.54) is 12.8 Å². The van der Waals surface area contributed by atoms with Crippen LogP contribution in [-0.4, -0.2) is 52.4 Å². The predicted octanol–water partition coefficient (Wildman–Crippen LogP) is 2.91. The van der Waals surface area contributed by atoms with Crippen molar-refractivity contribution in [2.24, 2.45) is 11.8 Å². The molecule has 2 heterocycles. The molecule has 138 valence electrons. The highest BCUT2D eigenvalue weighted by atomic mass is 16.5. The molecule has 1 aliphatic carbocycles. The van der Waals surface area contributed by atoms with Crippen molar-refractivity contribution in [2.75, 3.05) is 19.6 Å². The Labute approximate surface area is 149 Å². The van der Waals surface area contributed by atoms with Gasteiger partial charge >= 0.3 is 0 Å². The SMILES string of the molecule is CC(C)c1cc(C(=O)N2CCC(=O)N(CC3CC3)[C@@H](C(C)C)C2)no1. The van der Waals surface area contributed by atoms with Crippen molar-refractivity contribution < 1.29 is 14.1 Å². The molecule has 6 heteroatoms. The molecule has 1 aromatic rings. The van der Waals surface area contributed by atoms with Gasteiger partial charge in [0.05, 0.1) is 6.04 Å². The Bertz CT molecular complexity index is 634. The summed E-state index contributed by atoms with van der Waals surface area (Å²) in [6.45, 7) is 10.1. The van der Waals surface area contributed by atoms with E-state index in [4.69, 9.17) is 4.52 Å². The minimum Gasteiger partial charge on any atom is -0.360 e. The lowest BCUT2D eigenvalue weighted by Gasteiger charge is -2.34. The average Bonchev–Trinajstić information content (AvgIpc) is 3.27. The molecule has 1 aromatic heterocycles. The lowest BCUT2D eigenvalue weighted by Crippen LogP contribution is -2.48. The lowest BCUT2D eigenvalue weighted by molar-refractivity contribution is -0.133. The molecular formula is C19H29N3O3. The zero-order valence-electron chi connectivity index (χ0n) is 15.7. The summed E-state index contributed by atoms with van der Waals surface area (Å²) >= 11 is 0. The molecule has 1 saturated carbocycles. The van der Waals surface area contributed by atoms with Gasteiger partial charge in [0.15, 0.2) is 5.69 Å². The fourth-order valence-corrected chi connectivity index (χ4v) is 3.37. The van der Waals surface area contributed by atoms with Gasteiger partial charge in [-0.25, -0.2) is 0 Å². The number of hydrogen-bond donors (Lipinski definition) is 0. The van der Waals surface area contributed by atoms with E-state index in [2.05, 4.69) is 19.0 Å². The maximum atomic E-state index is 12.9. The van der Waals surface area contributed by atoms with Gasteiger partial charge in [-0.1, -0.05) is 32.9 Å². The summed E-state index contributed by atoms with van der Waals surface area (Å²) < 4.78 is 5.27. The number of rotatable bonds is 5. The van der Waals surface area contributed by atoms with Gasteiger partial charge in [-0.2, -0.15) is 0 Å². The van der Waals surface area contributed by atoms with E-state index in [9.17, 15) is 9.59 Å². The Morgan fingerprint density at radius 3 is 2.60 bits per heavy atom. The molecule has 0 unspecified atom stereocenters. The van der Waals surface area contributed by atoms with Crippen LogP contribution in [0.5, 0.6) is 0 Å². The Kier molecular flexibility index (Phi) is 5.16. The first-order valence-corrected chi connectivity index (χ1v) is 9.42. The molecule has 0 spiro atoms. The Morgan fingerprint density at radius 1 is 1.32 bits per heavy atom. The van der Waals surface area contributed by atoms with Crippen LogP contribution in [-0.2, 0) is 4.79 Å². The zero-order chi connectivity index (χ0) is 18.1. The molecule has 0 bridgehead atoms. The fraction of sp³-hybridized carbons (Fsp3) is 0.737. The predicted molar refractivity (Wildman–Crippen MR) is 94.2 cm³/mol. The van der Waals surface area contributed by atoms with E-state index >= 15 is 0 Å². The van der Waals surface area contributed by atoms with Crippen LogP contribution in [0.15, 0.2) is 10.6 Å². The minimum atomic E-state index is -0.137. The lowest BCUT2D eigenvalue weighted by atomic mass is 10.0. The van der Waals surface area contributed by atoms with Crippen LogP contribution >= 0.6 is 0 Å². The minimum absolute atomic E-state index is 0.0658. The van der Waals surface area contributed by atoms with E-state index < -0.39 is 0 Å². The highest BCUT2D eigenvalue weighted by Crippen LogP contribution is 2.32. The van der Waals surface area contributed by atoms with Crippen LogP contribution in [0.1, 0.15) is 69.1 Å². The van der Waals surface area contributed by atoms with Crippen molar-refractivity contribution in [3.63, 3.8) is 0 Å². The monoisotopic (exact) mass is 347 g/mol. The number of hydrogen-bond acceptors (Lipinski definition) is 4. The van der Waals surface area contributed by atoms with Crippen LogP contribution < -0.4 is 0 Å². The number of carbonyl (C=O) groups is 2. The molecule has 0 radical (unpaired) electrons. The normalized spacial score (nSPS) is 22.0. The third kappa shape index (κ3) is 4.05. The summed E-state index contributed by atoms with van der Waals surface area (Å²) in [7, 11) is 0. The second-order valence-corrected chi connectivity index (χ2v) is 8.07. The maximum absolute atomic E-state index is 12.9. The highest BCUT2D eigenvalue weighted by Gasteiger charge is 2.37. The Hall–Kier alpha value is -1.85. The van der Waals surface area contributed by atoms with Gasteiger partial charge < -0.3 is 14.3 Å². The third-order valence-electron chi connectivity index (χ3n) is 5.25. The topological polar surface area (TPSA) is 66.7 Å². The highest BCUT2D eigenvalue weighted by molar-refractivity contribution is 5.93. The molecule has 0 N–H and O–H groups in total. The number of aromatic nitrogens is 1. The molecule has 1 atom stereocenters. The van der Waals surface area contributed by atoms with Crippen LogP contribution in [0.4, 0.5) is 0 Å². The maximum Gasteiger partial charge on any atom is 0.276 e. The standard InChI is InChI=1S/C19H29N3O3/c1-12(2)16-11-21(8-7-18(23)22(16)10-14-5-6-14)19(24)15-9-17(13(3)4)25-20-15/h9,12-14,16H,5-8,10-11H2,1-4H3/t16-/m1/s1. The fourth-order valence-electron chi connectivity index (χ4n) is 3.37. The van der Waals surface area contributed by atoms with Gasteiger partial charge in [0.25, 0.3) is 5.91 Å². The van der Waals surface area contributed by atoms with E-state index in [1.807, 2.05) is 18.7 Å². The van der Waals surface area contributed by atoms with E-state index in [1.54, 1.807) is 11.0 Å².